The molecule has 0 aliphatic rings. The normalized spacial score (nSPS) is 13.9. The highest BCUT2D eigenvalue weighted by Gasteiger charge is 2.21. The Hall–Kier alpha value is -0.150. The Morgan fingerprint density at radius 2 is 1.78 bits per heavy atom. The molecule has 108 valence electrons. The maximum Gasteiger partial charge on any atom is 0.0784 e. The Labute approximate surface area is 119 Å². The van der Waals surface area contributed by atoms with Crippen LogP contribution in [0.5, 0.6) is 0 Å². The lowest BCUT2D eigenvalue weighted by molar-refractivity contribution is 0.192. The summed E-state index contributed by atoms with van der Waals surface area (Å²) in [6.07, 6.45) is 6.05. The van der Waals surface area contributed by atoms with E-state index >= 15 is 0 Å². The molecule has 3 heteroatoms. The molecular formula is C15H32N2S. The summed E-state index contributed by atoms with van der Waals surface area (Å²) >= 11 is 5.12. The Morgan fingerprint density at radius 3 is 2.22 bits per heavy atom. The SMILES string of the molecule is CCCCN(CCCC(C)(C)C(N)=S)C(C)CC. The van der Waals surface area contributed by atoms with E-state index in [4.69, 9.17) is 18.0 Å². The summed E-state index contributed by atoms with van der Waals surface area (Å²) in [4.78, 5) is 3.25. The second-order valence-electron chi connectivity index (χ2n) is 6.00. The molecule has 0 spiro atoms. The average Bonchev–Trinajstić information content (AvgIpc) is 2.32. The van der Waals surface area contributed by atoms with E-state index in [1.807, 2.05) is 0 Å². The van der Waals surface area contributed by atoms with Crippen LogP contribution in [0.4, 0.5) is 0 Å². The van der Waals surface area contributed by atoms with Gasteiger partial charge in [-0.1, -0.05) is 46.3 Å². The Morgan fingerprint density at radius 1 is 1.22 bits per heavy atom. The van der Waals surface area contributed by atoms with Gasteiger partial charge in [-0.2, -0.15) is 0 Å². The van der Waals surface area contributed by atoms with Gasteiger partial charge >= 0.3 is 0 Å². The molecule has 0 aliphatic heterocycles. The predicted molar refractivity (Wildman–Crippen MR) is 86.0 cm³/mol. The lowest BCUT2D eigenvalue weighted by Crippen LogP contribution is -2.36. The van der Waals surface area contributed by atoms with Gasteiger partial charge in [0.1, 0.15) is 0 Å². The minimum Gasteiger partial charge on any atom is -0.393 e. The van der Waals surface area contributed by atoms with Gasteiger partial charge in [0.15, 0.2) is 0 Å². The molecule has 0 aromatic heterocycles. The van der Waals surface area contributed by atoms with Crippen molar-refractivity contribution in [1.82, 2.24) is 4.90 Å². The van der Waals surface area contributed by atoms with Crippen LogP contribution in [-0.4, -0.2) is 29.0 Å². The molecule has 0 saturated carbocycles. The quantitative estimate of drug-likeness (QED) is 0.610. The van der Waals surface area contributed by atoms with Crippen molar-refractivity contribution in [3.8, 4) is 0 Å². The van der Waals surface area contributed by atoms with Crippen LogP contribution in [-0.2, 0) is 0 Å². The smallest absolute Gasteiger partial charge is 0.0784 e. The molecule has 0 aromatic carbocycles. The molecule has 0 radical (unpaired) electrons. The van der Waals surface area contributed by atoms with Gasteiger partial charge in [0.25, 0.3) is 0 Å². The fraction of sp³-hybridized carbons (Fsp3) is 0.933. The van der Waals surface area contributed by atoms with E-state index in [-0.39, 0.29) is 5.41 Å². The summed E-state index contributed by atoms with van der Waals surface area (Å²) in [5.74, 6) is 0. The van der Waals surface area contributed by atoms with E-state index in [0.717, 1.165) is 6.42 Å². The highest BCUT2D eigenvalue weighted by atomic mass is 32.1. The molecule has 2 nitrogen and oxygen atoms in total. The van der Waals surface area contributed by atoms with Crippen LogP contribution >= 0.6 is 12.2 Å². The standard InChI is InChI=1S/C15H32N2S/c1-6-8-11-17(13(3)7-2)12-9-10-15(4,5)14(16)18/h13H,6-12H2,1-5H3,(H2,16,18). The third-order valence-electron chi connectivity index (χ3n) is 3.93. The Balaban J connectivity index is 4.14. The topological polar surface area (TPSA) is 29.3 Å². The van der Waals surface area contributed by atoms with Gasteiger partial charge in [-0.15, -0.1) is 0 Å². The zero-order valence-electron chi connectivity index (χ0n) is 13.0. The highest BCUT2D eigenvalue weighted by molar-refractivity contribution is 7.80. The van der Waals surface area contributed by atoms with Crippen molar-refractivity contribution in [1.29, 1.82) is 0 Å². The molecule has 0 fully saturated rings. The zero-order valence-corrected chi connectivity index (χ0v) is 13.8. The van der Waals surface area contributed by atoms with Crippen LogP contribution in [0.3, 0.4) is 0 Å². The number of hydrogen-bond donors (Lipinski definition) is 1. The number of hydrogen-bond acceptors (Lipinski definition) is 2. The van der Waals surface area contributed by atoms with E-state index in [2.05, 4.69) is 39.5 Å². The first kappa shape index (κ1) is 17.8. The molecule has 0 aliphatic carbocycles. The summed E-state index contributed by atoms with van der Waals surface area (Å²) in [6, 6.07) is 0.685. The number of unbranched alkanes of at least 4 members (excludes halogenated alkanes) is 1. The average molecular weight is 273 g/mol. The molecule has 0 saturated heterocycles. The first-order valence-corrected chi connectivity index (χ1v) is 7.80. The molecular weight excluding hydrogens is 240 g/mol. The van der Waals surface area contributed by atoms with Gasteiger partial charge < -0.3 is 10.6 Å². The number of rotatable bonds is 10. The molecule has 0 rings (SSSR count). The fourth-order valence-corrected chi connectivity index (χ4v) is 2.12. The Bertz CT molecular complexity index is 239. The third kappa shape index (κ3) is 6.69. The Kier molecular flexibility index (Phi) is 8.79. The lowest BCUT2D eigenvalue weighted by Gasteiger charge is -2.30. The molecule has 2 N–H and O–H groups in total. The zero-order chi connectivity index (χ0) is 14.2. The maximum atomic E-state index is 5.77. The van der Waals surface area contributed by atoms with Crippen LogP contribution in [0.25, 0.3) is 0 Å². The van der Waals surface area contributed by atoms with Crippen molar-refractivity contribution in [3.05, 3.63) is 0 Å². The van der Waals surface area contributed by atoms with Crippen LogP contribution in [0.1, 0.15) is 66.7 Å². The van der Waals surface area contributed by atoms with Gasteiger partial charge in [-0.25, -0.2) is 0 Å². The molecule has 18 heavy (non-hydrogen) atoms. The molecule has 1 unspecified atom stereocenters. The van der Waals surface area contributed by atoms with Gasteiger partial charge in [0.05, 0.1) is 4.99 Å². The van der Waals surface area contributed by atoms with Crippen molar-refractivity contribution < 1.29 is 0 Å². The third-order valence-corrected chi connectivity index (χ3v) is 4.48. The summed E-state index contributed by atoms with van der Waals surface area (Å²) in [6.45, 7) is 13.5. The minimum atomic E-state index is 0.00120. The van der Waals surface area contributed by atoms with Crippen LogP contribution < -0.4 is 5.73 Å². The van der Waals surface area contributed by atoms with Gasteiger partial charge in [0, 0.05) is 11.5 Å². The van der Waals surface area contributed by atoms with Gasteiger partial charge in [-0.05, 0) is 45.7 Å². The van der Waals surface area contributed by atoms with E-state index in [0.29, 0.717) is 11.0 Å². The summed E-state index contributed by atoms with van der Waals surface area (Å²) in [5.41, 5.74) is 5.77. The van der Waals surface area contributed by atoms with Crippen LogP contribution in [0.15, 0.2) is 0 Å². The molecule has 0 aromatic rings. The molecule has 0 heterocycles. The first-order chi connectivity index (χ1) is 8.35. The largest absolute Gasteiger partial charge is 0.393 e. The van der Waals surface area contributed by atoms with E-state index < -0.39 is 0 Å². The van der Waals surface area contributed by atoms with Gasteiger partial charge in [0.2, 0.25) is 0 Å². The number of thiocarbonyl (C=S) groups is 1. The summed E-state index contributed by atoms with van der Waals surface area (Å²) < 4.78 is 0. The lowest BCUT2D eigenvalue weighted by atomic mass is 9.88. The molecule has 0 bridgehead atoms. The summed E-state index contributed by atoms with van der Waals surface area (Å²) in [5, 5.41) is 0. The predicted octanol–water partition coefficient (Wildman–Crippen LogP) is 3.98. The van der Waals surface area contributed by atoms with Crippen molar-refractivity contribution in [2.45, 2.75) is 72.8 Å². The second-order valence-corrected chi connectivity index (χ2v) is 6.44. The number of nitrogens with two attached hydrogens (primary N) is 1. The van der Waals surface area contributed by atoms with E-state index in [1.54, 1.807) is 0 Å². The monoisotopic (exact) mass is 272 g/mol. The summed E-state index contributed by atoms with van der Waals surface area (Å²) in [7, 11) is 0. The fourth-order valence-electron chi connectivity index (χ4n) is 2.02. The highest BCUT2D eigenvalue weighted by Crippen LogP contribution is 2.23. The van der Waals surface area contributed by atoms with Crippen LogP contribution in [0.2, 0.25) is 0 Å². The van der Waals surface area contributed by atoms with Crippen molar-refractivity contribution in [3.63, 3.8) is 0 Å². The van der Waals surface area contributed by atoms with Crippen molar-refractivity contribution in [2.75, 3.05) is 13.1 Å². The number of nitrogens with zero attached hydrogens (tertiary/aromatic N) is 1. The van der Waals surface area contributed by atoms with E-state index in [9.17, 15) is 0 Å². The minimum absolute atomic E-state index is 0.00120. The molecule has 0 amide bonds. The van der Waals surface area contributed by atoms with Crippen molar-refractivity contribution >= 4 is 17.2 Å². The first-order valence-electron chi connectivity index (χ1n) is 7.39. The van der Waals surface area contributed by atoms with Crippen LogP contribution in [0, 0.1) is 5.41 Å². The van der Waals surface area contributed by atoms with Gasteiger partial charge in [-0.3, -0.25) is 0 Å². The van der Waals surface area contributed by atoms with Crippen molar-refractivity contribution in [2.24, 2.45) is 11.1 Å². The van der Waals surface area contributed by atoms with E-state index in [1.165, 1.54) is 38.8 Å². The second kappa shape index (κ2) is 8.87. The molecule has 1 atom stereocenters. The maximum absolute atomic E-state index is 5.77.